The summed E-state index contributed by atoms with van der Waals surface area (Å²) in [6, 6.07) is 10.7. The van der Waals surface area contributed by atoms with Crippen molar-refractivity contribution in [3.05, 3.63) is 35.9 Å². The number of amides is 1. The van der Waals surface area contributed by atoms with Crippen LogP contribution in [0.15, 0.2) is 35.3 Å². The number of rotatable bonds is 5. The standard InChI is InChI=1S/C14H19N3OS/c1-2-15-13(18)8-9-16-14-17-12(10-19-14)11-6-4-3-5-7-11/h3-7,12H,2,8-10H2,1H3,(H,15,18)(H,16,17). The van der Waals surface area contributed by atoms with Gasteiger partial charge in [0.05, 0.1) is 12.6 Å². The van der Waals surface area contributed by atoms with Crippen LogP contribution in [0.25, 0.3) is 0 Å². The van der Waals surface area contributed by atoms with Gasteiger partial charge in [-0.15, -0.1) is 0 Å². The topological polar surface area (TPSA) is 53.5 Å². The highest BCUT2D eigenvalue weighted by atomic mass is 32.2. The normalized spacial score (nSPS) is 20.3. The van der Waals surface area contributed by atoms with Crippen molar-refractivity contribution in [2.24, 2.45) is 4.99 Å². The van der Waals surface area contributed by atoms with Crippen molar-refractivity contribution in [2.45, 2.75) is 19.4 Å². The van der Waals surface area contributed by atoms with Crippen molar-refractivity contribution >= 4 is 22.8 Å². The molecule has 4 nitrogen and oxygen atoms in total. The Bertz CT molecular complexity index is 447. The second-order valence-electron chi connectivity index (χ2n) is 4.31. The van der Waals surface area contributed by atoms with Crippen molar-refractivity contribution < 1.29 is 4.79 Å². The monoisotopic (exact) mass is 277 g/mol. The zero-order valence-electron chi connectivity index (χ0n) is 11.1. The maximum atomic E-state index is 11.3. The zero-order valence-corrected chi connectivity index (χ0v) is 11.9. The smallest absolute Gasteiger partial charge is 0.221 e. The number of aliphatic imine (C=N–C) groups is 1. The molecule has 0 bridgehead atoms. The van der Waals surface area contributed by atoms with E-state index in [1.54, 1.807) is 11.8 Å². The molecule has 2 N–H and O–H groups in total. The Morgan fingerprint density at radius 1 is 1.47 bits per heavy atom. The SMILES string of the molecule is CCNC(=O)CCN=C1NC(c2ccccc2)CS1. The Kier molecular flexibility index (Phi) is 5.27. The molecule has 1 fully saturated rings. The first-order chi connectivity index (χ1) is 9.29. The van der Waals surface area contributed by atoms with Crippen molar-refractivity contribution in [2.75, 3.05) is 18.8 Å². The summed E-state index contributed by atoms with van der Waals surface area (Å²) in [4.78, 5) is 15.7. The van der Waals surface area contributed by atoms with E-state index in [1.165, 1.54) is 5.56 Å². The van der Waals surface area contributed by atoms with Gasteiger partial charge in [-0.1, -0.05) is 42.1 Å². The van der Waals surface area contributed by atoms with Crippen LogP contribution in [-0.2, 0) is 4.79 Å². The van der Waals surface area contributed by atoms with Gasteiger partial charge >= 0.3 is 0 Å². The molecule has 1 aliphatic heterocycles. The molecular formula is C14H19N3OS. The van der Waals surface area contributed by atoms with Crippen molar-refractivity contribution in [1.82, 2.24) is 10.6 Å². The minimum absolute atomic E-state index is 0.0643. The lowest BCUT2D eigenvalue weighted by atomic mass is 10.1. The summed E-state index contributed by atoms with van der Waals surface area (Å²) in [7, 11) is 0. The van der Waals surface area contributed by atoms with Gasteiger partial charge in [-0.2, -0.15) is 0 Å². The minimum atomic E-state index is 0.0643. The number of carbonyl (C=O) groups is 1. The van der Waals surface area contributed by atoms with Crippen LogP contribution < -0.4 is 10.6 Å². The van der Waals surface area contributed by atoms with Crippen LogP contribution in [0.2, 0.25) is 0 Å². The van der Waals surface area contributed by atoms with E-state index in [1.807, 2.05) is 25.1 Å². The lowest BCUT2D eigenvalue weighted by Crippen LogP contribution is -2.24. The van der Waals surface area contributed by atoms with E-state index in [0.29, 0.717) is 25.6 Å². The summed E-state index contributed by atoms with van der Waals surface area (Å²) >= 11 is 1.72. The average Bonchev–Trinajstić information content (AvgIpc) is 2.89. The van der Waals surface area contributed by atoms with Gasteiger partial charge in [0.25, 0.3) is 0 Å². The molecule has 1 aromatic rings. The van der Waals surface area contributed by atoms with E-state index in [4.69, 9.17) is 0 Å². The van der Waals surface area contributed by atoms with Crippen LogP contribution >= 0.6 is 11.8 Å². The number of amidine groups is 1. The molecule has 1 saturated heterocycles. The van der Waals surface area contributed by atoms with Crippen LogP contribution in [0.4, 0.5) is 0 Å². The number of thioether (sulfide) groups is 1. The third-order valence-corrected chi connectivity index (χ3v) is 3.87. The highest BCUT2D eigenvalue weighted by Gasteiger charge is 2.21. The first-order valence-corrected chi connectivity index (χ1v) is 7.53. The summed E-state index contributed by atoms with van der Waals surface area (Å²) in [5.41, 5.74) is 1.28. The second kappa shape index (κ2) is 7.19. The van der Waals surface area contributed by atoms with Gasteiger partial charge in [-0.05, 0) is 12.5 Å². The molecule has 1 amide bonds. The van der Waals surface area contributed by atoms with Crippen LogP contribution in [0.3, 0.4) is 0 Å². The van der Waals surface area contributed by atoms with E-state index in [9.17, 15) is 4.79 Å². The molecule has 1 aliphatic rings. The molecule has 0 saturated carbocycles. The third kappa shape index (κ3) is 4.28. The molecule has 19 heavy (non-hydrogen) atoms. The molecule has 1 unspecified atom stereocenters. The Balaban J connectivity index is 1.80. The molecule has 0 aliphatic carbocycles. The lowest BCUT2D eigenvalue weighted by molar-refractivity contribution is -0.120. The number of hydrogen-bond acceptors (Lipinski definition) is 3. The predicted octanol–water partition coefficient (Wildman–Crippen LogP) is 1.95. The molecule has 5 heteroatoms. The number of benzene rings is 1. The van der Waals surface area contributed by atoms with E-state index >= 15 is 0 Å². The maximum Gasteiger partial charge on any atom is 0.221 e. The van der Waals surface area contributed by atoms with E-state index in [0.717, 1.165) is 10.9 Å². The zero-order chi connectivity index (χ0) is 13.5. The molecule has 1 aromatic carbocycles. The Morgan fingerprint density at radius 2 is 2.26 bits per heavy atom. The van der Waals surface area contributed by atoms with Gasteiger partial charge in [-0.3, -0.25) is 9.79 Å². The van der Waals surface area contributed by atoms with E-state index in [2.05, 4.69) is 27.8 Å². The molecule has 0 aromatic heterocycles. The fourth-order valence-corrected chi connectivity index (χ4v) is 2.90. The van der Waals surface area contributed by atoms with E-state index < -0.39 is 0 Å². The quantitative estimate of drug-likeness (QED) is 0.865. The maximum absolute atomic E-state index is 11.3. The van der Waals surface area contributed by atoms with Crippen molar-refractivity contribution in [1.29, 1.82) is 0 Å². The summed E-state index contributed by atoms with van der Waals surface area (Å²) in [6.45, 7) is 3.14. The van der Waals surface area contributed by atoms with E-state index in [-0.39, 0.29) is 5.91 Å². The van der Waals surface area contributed by atoms with Crippen molar-refractivity contribution in [3.8, 4) is 0 Å². The van der Waals surface area contributed by atoms with Gasteiger partial charge in [0.2, 0.25) is 5.91 Å². The Hall–Kier alpha value is -1.49. The molecule has 2 rings (SSSR count). The molecule has 0 radical (unpaired) electrons. The van der Waals surface area contributed by atoms with Gasteiger partial charge < -0.3 is 10.6 Å². The van der Waals surface area contributed by atoms with Crippen LogP contribution in [0, 0.1) is 0 Å². The first-order valence-electron chi connectivity index (χ1n) is 6.55. The van der Waals surface area contributed by atoms with Crippen LogP contribution in [0.1, 0.15) is 24.9 Å². The summed E-state index contributed by atoms with van der Waals surface area (Å²) in [5, 5.41) is 7.11. The Morgan fingerprint density at radius 3 is 3.00 bits per heavy atom. The fraction of sp³-hybridized carbons (Fsp3) is 0.429. The number of nitrogens with zero attached hydrogens (tertiary/aromatic N) is 1. The molecule has 1 heterocycles. The number of nitrogens with one attached hydrogen (secondary N) is 2. The predicted molar refractivity (Wildman–Crippen MR) is 80.4 cm³/mol. The number of carbonyl (C=O) groups excluding carboxylic acids is 1. The second-order valence-corrected chi connectivity index (χ2v) is 5.32. The highest BCUT2D eigenvalue weighted by Crippen LogP contribution is 2.25. The number of hydrogen-bond donors (Lipinski definition) is 2. The molecular weight excluding hydrogens is 258 g/mol. The van der Waals surface area contributed by atoms with Gasteiger partial charge in [0.1, 0.15) is 0 Å². The van der Waals surface area contributed by atoms with Gasteiger partial charge in [0, 0.05) is 18.7 Å². The lowest BCUT2D eigenvalue weighted by Gasteiger charge is -2.09. The van der Waals surface area contributed by atoms with Crippen molar-refractivity contribution in [3.63, 3.8) is 0 Å². The summed E-state index contributed by atoms with van der Waals surface area (Å²) < 4.78 is 0. The van der Waals surface area contributed by atoms with Crippen LogP contribution in [0.5, 0.6) is 0 Å². The van der Waals surface area contributed by atoms with Crippen LogP contribution in [-0.4, -0.2) is 29.9 Å². The molecule has 102 valence electrons. The molecule has 1 atom stereocenters. The third-order valence-electron chi connectivity index (χ3n) is 2.85. The van der Waals surface area contributed by atoms with Gasteiger partial charge in [-0.25, -0.2) is 0 Å². The fourth-order valence-electron chi connectivity index (χ4n) is 1.90. The highest BCUT2D eigenvalue weighted by molar-refractivity contribution is 8.14. The average molecular weight is 277 g/mol. The first kappa shape index (κ1) is 13.9. The Labute approximate surface area is 118 Å². The minimum Gasteiger partial charge on any atom is -0.357 e. The molecule has 0 spiro atoms. The van der Waals surface area contributed by atoms with Gasteiger partial charge in [0.15, 0.2) is 5.17 Å². The summed E-state index contributed by atoms with van der Waals surface area (Å²) in [6.07, 6.45) is 0.454. The largest absolute Gasteiger partial charge is 0.357 e. The summed E-state index contributed by atoms with van der Waals surface area (Å²) in [5.74, 6) is 1.05.